The highest BCUT2D eigenvalue weighted by atomic mass is 16.2. The number of nitrogens with one attached hydrogen (secondary N) is 1. The second kappa shape index (κ2) is 4.15. The molecule has 0 spiro atoms. The van der Waals surface area contributed by atoms with Crippen molar-refractivity contribution >= 4 is 17.7 Å². The Hall–Kier alpha value is -2.24. The van der Waals surface area contributed by atoms with Gasteiger partial charge in [-0.2, -0.15) is 0 Å². The van der Waals surface area contributed by atoms with Crippen molar-refractivity contribution in [2.75, 3.05) is 0 Å². The van der Waals surface area contributed by atoms with Crippen LogP contribution >= 0.6 is 0 Å². The predicted molar refractivity (Wildman–Crippen MR) is 65.0 cm³/mol. The van der Waals surface area contributed by atoms with Gasteiger partial charge in [0.1, 0.15) is 6.04 Å². The summed E-state index contributed by atoms with van der Waals surface area (Å²) in [7, 11) is 0. The Balaban J connectivity index is 1.90. The Morgan fingerprint density at radius 1 is 1.37 bits per heavy atom. The van der Waals surface area contributed by atoms with E-state index in [1.807, 2.05) is 6.92 Å². The molecule has 3 heterocycles. The number of aromatic nitrogens is 1. The molecule has 1 saturated heterocycles. The van der Waals surface area contributed by atoms with Gasteiger partial charge >= 0.3 is 0 Å². The molecule has 1 N–H and O–H groups in total. The van der Waals surface area contributed by atoms with Crippen molar-refractivity contribution in [1.82, 2.24) is 15.2 Å². The summed E-state index contributed by atoms with van der Waals surface area (Å²) in [6.07, 6.45) is 2.31. The van der Waals surface area contributed by atoms with Crippen LogP contribution in [0.4, 0.5) is 0 Å². The lowest BCUT2D eigenvalue weighted by molar-refractivity contribution is -0.136. The Kier molecular flexibility index (Phi) is 2.58. The number of rotatable bonds is 1. The molecule has 1 unspecified atom stereocenters. The number of carbonyl (C=O) groups is 3. The number of amides is 3. The monoisotopic (exact) mass is 259 g/mol. The van der Waals surface area contributed by atoms with Crippen molar-refractivity contribution in [2.45, 2.75) is 32.4 Å². The minimum atomic E-state index is -0.571. The van der Waals surface area contributed by atoms with Gasteiger partial charge in [0.05, 0.1) is 17.8 Å². The van der Waals surface area contributed by atoms with Gasteiger partial charge in [0.25, 0.3) is 5.91 Å². The second-order valence-corrected chi connectivity index (χ2v) is 4.85. The zero-order valence-electron chi connectivity index (χ0n) is 10.5. The molecule has 0 radical (unpaired) electrons. The quantitative estimate of drug-likeness (QED) is 0.728. The normalized spacial score (nSPS) is 22.5. The number of carbonyl (C=O) groups excluding carboxylic acids is 3. The molecule has 0 bridgehead atoms. The summed E-state index contributed by atoms with van der Waals surface area (Å²) in [6, 6.07) is 1.21. The molecule has 2 aliphatic rings. The molecule has 1 aromatic heterocycles. The smallest absolute Gasteiger partial charge is 0.257 e. The van der Waals surface area contributed by atoms with Gasteiger partial charge in [-0.1, -0.05) is 0 Å². The highest BCUT2D eigenvalue weighted by Gasteiger charge is 2.40. The molecule has 1 atom stereocenters. The zero-order valence-corrected chi connectivity index (χ0v) is 10.5. The van der Waals surface area contributed by atoms with E-state index in [9.17, 15) is 14.4 Å². The number of aryl methyl sites for hydroxylation is 1. The van der Waals surface area contributed by atoms with Gasteiger partial charge in [0.15, 0.2) is 0 Å². The molecule has 19 heavy (non-hydrogen) atoms. The third kappa shape index (κ3) is 1.80. The van der Waals surface area contributed by atoms with Gasteiger partial charge in [-0.15, -0.1) is 0 Å². The lowest BCUT2D eigenvalue weighted by atomic mass is 10.0. The Labute approximate surface area is 109 Å². The van der Waals surface area contributed by atoms with Crippen LogP contribution in [0.15, 0.2) is 12.3 Å². The Morgan fingerprint density at radius 3 is 2.84 bits per heavy atom. The topological polar surface area (TPSA) is 79.4 Å². The van der Waals surface area contributed by atoms with Gasteiger partial charge in [0.2, 0.25) is 11.8 Å². The van der Waals surface area contributed by atoms with Crippen LogP contribution in [-0.4, -0.2) is 33.6 Å². The first-order valence-corrected chi connectivity index (χ1v) is 6.17. The fourth-order valence-corrected chi connectivity index (χ4v) is 2.63. The van der Waals surface area contributed by atoms with E-state index in [0.717, 1.165) is 5.56 Å². The van der Waals surface area contributed by atoms with Crippen molar-refractivity contribution in [3.8, 4) is 0 Å². The summed E-state index contributed by atoms with van der Waals surface area (Å²) in [4.78, 5) is 41.0. The average molecular weight is 259 g/mol. The van der Waals surface area contributed by atoms with E-state index in [1.54, 1.807) is 12.3 Å². The lowest BCUT2D eigenvalue weighted by Gasteiger charge is -2.29. The van der Waals surface area contributed by atoms with Crippen LogP contribution in [0.2, 0.25) is 0 Å². The summed E-state index contributed by atoms with van der Waals surface area (Å²) < 4.78 is 0. The van der Waals surface area contributed by atoms with Crippen LogP contribution < -0.4 is 5.32 Å². The largest absolute Gasteiger partial charge is 0.321 e. The number of hydrogen-bond donors (Lipinski definition) is 1. The van der Waals surface area contributed by atoms with E-state index in [-0.39, 0.29) is 18.2 Å². The Morgan fingerprint density at radius 2 is 2.16 bits per heavy atom. The number of nitrogens with zero attached hydrogens (tertiary/aromatic N) is 2. The van der Waals surface area contributed by atoms with Gasteiger partial charge in [0, 0.05) is 12.6 Å². The zero-order chi connectivity index (χ0) is 13.6. The van der Waals surface area contributed by atoms with E-state index < -0.39 is 11.9 Å². The van der Waals surface area contributed by atoms with Gasteiger partial charge in [-0.3, -0.25) is 24.7 Å². The maximum absolute atomic E-state index is 12.4. The number of imide groups is 1. The molecule has 6 heteroatoms. The first-order chi connectivity index (χ1) is 9.08. The van der Waals surface area contributed by atoms with Crippen LogP contribution in [0.25, 0.3) is 0 Å². The maximum Gasteiger partial charge on any atom is 0.257 e. The summed E-state index contributed by atoms with van der Waals surface area (Å²) in [5, 5.41) is 2.28. The van der Waals surface area contributed by atoms with E-state index in [4.69, 9.17) is 0 Å². The molecule has 6 nitrogen and oxygen atoms in total. The minimum Gasteiger partial charge on any atom is -0.321 e. The first kappa shape index (κ1) is 11.8. The molecule has 0 aliphatic carbocycles. The fourth-order valence-electron chi connectivity index (χ4n) is 2.63. The molecule has 0 aromatic carbocycles. The van der Waals surface area contributed by atoms with E-state index in [0.29, 0.717) is 24.2 Å². The van der Waals surface area contributed by atoms with Crippen molar-refractivity contribution in [3.63, 3.8) is 0 Å². The highest BCUT2D eigenvalue weighted by molar-refractivity contribution is 6.05. The minimum absolute atomic E-state index is 0.171. The second-order valence-electron chi connectivity index (χ2n) is 4.85. The Bertz CT molecular complexity index is 597. The third-order valence-corrected chi connectivity index (χ3v) is 3.62. The highest BCUT2D eigenvalue weighted by Crippen LogP contribution is 2.27. The van der Waals surface area contributed by atoms with Crippen molar-refractivity contribution < 1.29 is 14.4 Å². The molecule has 3 rings (SSSR count). The van der Waals surface area contributed by atoms with E-state index >= 15 is 0 Å². The number of hydrogen-bond acceptors (Lipinski definition) is 4. The summed E-state index contributed by atoms with van der Waals surface area (Å²) in [5.74, 6) is -0.843. The van der Waals surface area contributed by atoms with Crippen molar-refractivity contribution in [1.29, 1.82) is 0 Å². The third-order valence-electron chi connectivity index (χ3n) is 3.62. The van der Waals surface area contributed by atoms with Gasteiger partial charge in [-0.05, 0) is 25.0 Å². The van der Waals surface area contributed by atoms with Crippen LogP contribution in [0.1, 0.15) is 34.5 Å². The fraction of sp³-hybridized carbons (Fsp3) is 0.385. The van der Waals surface area contributed by atoms with Crippen molar-refractivity contribution in [2.24, 2.45) is 0 Å². The van der Waals surface area contributed by atoms with Gasteiger partial charge in [-0.25, -0.2) is 0 Å². The standard InChI is InChI=1S/C13H13N3O3/c1-7-4-5-14-8-6-16(13(19)11(7)8)9-2-3-10(17)15-12(9)18/h4-5,9H,2-3,6H2,1H3,(H,15,17,18). The molecular formula is C13H13N3O3. The average Bonchev–Trinajstić information content (AvgIpc) is 2.68. The molecule has 0 saturated carbocycles. The lowest BCUT2D eigenvalue weighted by Crippen LogP contribution is -2.52. The van der Waals surface area contributed by atoms with Crippen molar-refractivity contribution in [3.05, 3.63) is 29.1 Å². The van der Waals surface area contributed by atoms with Crippen LogP contribution in [0.3, 0.4) is 0 Å². The van der Waals surface area contributed by atoms with Crippen LogP contribution in [-0.2, 0) is 16.1 Å². The number of piperidine rings is 1. The maximum atomic E-state index is 12.4. The molecule has 3 amide bonds. The predicted octanol–water partition coefficient (Wildman–Crippen LogP) is 0.151. The molecule has 1 aromatic rings. The van der Waals surface area contributed by atoms with Crippen LogP contribution in [0, 0.1) is 6.92 Å². The van der Waals surface area contributed by atoms with Gasteiger partial charge < -0.3 is 4.90 Å². The SMILES string of the molecule is Cc1ccnc2c1C(=O)N(C1CCC(=O)NC1=O)C2. The molecular weight excluding hydrogens is 246 g/mol. The molecule has 2 aliphatic heterocycles. The number of fused-ring (bicyclic) bond motifs is 1. The van der Waals surface area contributed by atoms with E-state index in [2.05, 4.69) is 10.3 Å². The molecule has 1 fully saturated rings. The summed E-state index contributed by atoms with van der Waals surface area (Å²) in [5.41, 5.74) is 2.16. The first-order valence-electron chi connectivity index (χ1n) is 6.17. The number of pyridine rings is 1. The summed E-state index contributed by atoms with van der Waals surface area (Å²) >= 11 is 0. The molecule has 98 valence electrons. The summed E-state index contributed by atoms with van der Waals surface area (Å²) in [6.45, 7) is 2.19. The van der Waals surface area contributed by atoms with Crippen LogP contribution in [0.5, 0.6) is 0 Å². The van der Waals surface area contributed by atoms with E-state index in [1.165, 1.54) is 4.90 Å².